The van der Waals surface area contributed by atoms with Crippen LogP contribution in [0.3, 0.4) is 0 Å². The normalized spacial score (nSPS) is 32.6. The molecule has 8 heteroatoms. The Hall–Kier alpha value is -3.04. The Bertz CT molecular complexity index is 989. The van der Waals surface area contributed by atoms with Crippen molar-refractivity contribution in [1.82, 2.24) is 0 Å². The fraction of sp³-hybridized carbons (Fsp3) is 0.385. The van der Waals surface area contributed by atoms with Crippen LogP contribution in [0.5, 0.6) is 0 Å². The van der Waals surface area contributed by atoms with Crippen molar-refractivity contribution in [2.45, 2.75) is 37.0 Å². The highest BCUT2D eigenvalue weighted by molar-refractivity contribution is 5.79. The van der Waals surface area contributed by atoms with E-state index in [4.69, 9.17) is 28.4 Å². The molecule has 2 saturated heterocycles. The molecule has 1 unspecified atom stereocenters. The lowest BCUT2D eigenvalue weighted by Gasteiger charge is -2.48. The SMILES string of the molecule is CO[C@H]1O[C@@H]2COC(c3ccccc3)O[C@H]2[C@H](OC(=O)C2C=CC=C2)[C@H]1OC(=O)C1C=CC=C1. The van der Waals surface area contributed by atoms with Gasteiger partial charge in [-0.25, -0.2) is 0 Å². The van der Waals surface area contributed by atoms with Crippen LogP contribution in [0.2, 0.25) is 0 Å². The summed E-state index contributed by atoms with van der Waals surface area (Å²) in [6, 6.07) is 9.44. The van der Waals surface area contributed by atoms with Crippen molar-refractivity contribution >= 4 is 11.9 Å². The molecule has 8 nitrogen and oxygen atoms in total. The molecule has 5 rings (SSSR count). The van der Waals surface area contributed by atoms with Crippen LogP contribution >= 0.6 is 0 Å². The third-order valence-corrected chi connectivity index (χ3v) is 6.13. The Morgan fingerprint density at radius 2 is 1.41 bits per heavy atom. The predicted octanol–water partition coefficient (Wildman–Crippen LogP) is 2.78. The summed E-state index contributed by atoms with van der Waals surface area (Å²) in [5.74, 6) is -2.02. The topological polar surface area (TPSA) is 89.5 Å². The van der Waals surface area contributed by atoms with E-state index in [-0.39, 0.29) is 6.61 Å². The van der Waals surface area contributed by atoms with Gasteiger partial charge in [0, 0.05) is 12.7 Å². The predicted molar refractivity (Wildman–Crippen MR) is 119 cm³/mol. The number of benzene rings is 1. The number of hydrogen-bond acceptors (Lipinski definition) is 8. The van der Waals surface area contributed by atoms with Gasteiger partial charge < -0.3 is 28.4 Å². The maximum absolute atomic E-state index is 13.0. The fourth-order valence-corrected chi connectivity index (χ4v) is 4.38. The van der Waals surface area contributed by atoms with Crippen molar-refractivity contribution in [1.29, 1.82) is 0 Å². The van der Waals surface area contributed by atoms with Gasteiger partial charge in [-0.1, -0.05) is 78.9 Å². The summed E-state index contributed by atoms with van der Waals surface area (Å²) in [5, 5.41) is 0. The Morgan fingerprint density at radius 1 is 0.824 bits per heavy atom. The fourth-order valence-electron chi connectivity index (χ4n) is 4.38. The molecule has 2 aliphatic heterocycles. The minimum atomic E-state index is -1.03. The summed E-state index contributed by atoms with van der Waals surface area (Å²) in [5.41, 5.74) is 0.816. The molecule has 2 aliphatic carbocycles. The molecular weight excluding hydrogens is 440 g/mol. The first kappa shape index (κ1) is 22.7. The molecule has 0 amide bonds. The van der Waals surface area contributed by atoms with E-state index in [0.717, 1.165) is 5.56 Å². The summed E-state index contributed by atoms with van der Waals surface area (Å²) in [6.45, 7) is 0.191. The number of hydrogen-bond donors (Lipinski definition) is 0. The van der Waals surface area contributed by atoms with Gasteiger partial charge >= 0.3 is 11.9 Å². The summed E-state index contributed by atoms with van der Waals surface area (Å²) in [4.78, 5) is 25.8. The van der Waals surface area contributed by atoms with E-state index < -0.39 is 60.8 Å². The van der Waals surface area contributed by atoms with Crippen molar-refractivity contribution in [3.05, 3.63) is 84.5 Å². The van der Waals surface area contributed by atoms with Gasteiger partial charge in [-0.2, -0.15) is 0 Å². The van der Waals surface area contributed by atoms with Gasteiger partial charge in [-0.05, 0) is 0 Å². The van der Waals surface area contributed by atoms with Gasteiger partial charge in [-0.3, -0.25) is 9.59 Å². The Balaban J connectivity index is 1.42. The zero-order valence-electron chi connectivity index (χ0n) is 18.6. The first-order chi connectivity index (χ1) is 16.6. The second-order valence-electron chi connectivity index (χ2n) is 8.35. The summed E-state index contributed by atoms with van der Waals surface area (Å²) in [6.07, 6.45) is 9.05. The molecular formula is C26H26O8. The highest BCUT2D eigenvalue weighted by atomic mass is 16.8. The molecule has 0 spiro atoms. The molecule has 0 radical (unpaired) electrons. The number of rotatable bonds is 6. The van der Waals surface area contributed by atoms with Crippen molar-refractivity contribution in [2.75, 3.05) is 13.7 Å². The van der Waals surface area contributed by atoms with E-state index in [1.165, 1.54) is 7.11 Å². The third kappa shape index (κ3) is 4.63. The number of fused-ring (bicyclic) bond motifs is 1. The number of allylic oxidation sites excluding steroid dienone is 4. The smallest absolute Gasteiger partial charge is 0.317 e. The van der Waals surface area contributed by atoms with Crippen LogP contribution in [0.15, 0.2) is 78.9 Å². The lowest BCUT2D eigenvalue weighted by Crippen LogP contribution is -2.64. The average molecular weight is 466 g/mol. The van der Waals surface area contributed by atoms with Gasteiger partial charge in [0.05, 0.1) is 18.4 Å². The molecule has 1 aromatic carbocycles. The maximum atomic E-state index is 13.0. The molecule has 0 N–H and O–H groups in total. The van der Waals surface area contributed by atoms with E-state index in [9.17, 15) is 9.59 Å². The highest BCUT2D eigenvalue weighted by Crippen LogP contribution is 2.37. The quantitative estimate of drug-likeness (QED) is 0.592. The van der Waals surface area contributed by atoms with E-state index >= 15 is 0 Å². The Kier molecular flexibility index (Phi) is 6.73. The molecule has 0 saturated carbocycles. The number of carbonyl (C=O) groups excluding carboxylic acids is 2. The van der Waals surface area contributed by atoms with E-state index in [1.807, 2.05) is 30.3 Å². The largest absolute Gasteiger partial charge is 0.455 e. The molecule has 2 heterocycles. The molecule has 34 heavy (non-hydrogen) atoms. The summed E-state index contributed by atoms with van der Waals surface area (Å²) in [7, 11) is 1.44. The summed E-state index contributed by atoms with van der Waals surface area (Å²) < 4.78 is 35.4. The van der Waals surface area contributed by atoms with E-state index in [0.29, 0.717) is 0 Å². The molecule has 2 fully saturated rings. The van der Waals surface area contributed by atoms with Crippen LogP contribution in [-0.4, -0.2) is 56.4 Å². The molecule has 0 bridgehead atoms. The van der Waals surface area contributed by atoms with E-state index in [1.54, 1.807) is 48.6 Å². The highest BCUT2D eigenvalue weighted by Gasteiger charge is 2.54. The number of ether oxygens (including phenoxy) is 6. The van der Waals surface area contributed by atoms with Crippen molar-refractivity contribution in [3.63, 3.8) is 0 Å². The number of carbonyl (C=O) groups is 2. The zero-order chi connectivity index (χ0) is 23.5. The zero-order valence-corrected chi connectivity index (χ0v) is 18.6. The molecule has 0 aromatic heterocycles. The standard InChI is InChI=1S/C26H26O8/c1-29-26-22(33-24(28)17-11-7-8-12-17)21(32-23(27)16-9-5-6-10-16)20-19(31-26)15-30-25(34-20)18-13-3-2-4-14-18/h2-14,16-17,19-22,25-26H,15H2,1H3/t19-,20-,21+,22-,25?,26+/m1/s1. The lowest BCUT2D eigenvalue weighted by atomic mass is 9.96. The lowest BCUT2D eigenvalue weighted by molar-refractivity contribution is -0.359. The number of methoxy groups -OCH3 is 1. The van der Waals surface area contributed by atoms with Crippen molar-refractivity contribution < 1.29 is 38.0 Å². The van der Waals surface area contributed by atoms with Crippen LogP contribution in [-0.2, 0) is 38.0 Å². The van der Waals surface area contributed by atoms with Gasteiger partial charge in [0.15, 0.2) is 24.8 Å². The molecule has 178 valence electrons. The second kappa shape index (κ2) is 10.1. The third-order valence-electron chi connectivity index (χ3n) is 6.13. The van der Waals surface area contributed by atoms with Crippen molar-refractivity contribution in [3.8, 4) is 0 Å². The average Bonchev–Trinajstić information content (AvgIpc) is 3.60. The molecule has 1 aromatic rings. The van der Waals surface area contributed by atoms with Crippen LogP contribution in [0.1, 0.15) is 11.9 Å². The minimum absolute atomic E-state index is 0.191. The minimum Gasteiger partial charge on any atom is -0.455 e. The van der Waals surface area contributed by atoms with Gasteiger partial charge in [0.2, 0.25) is 0 Å². The second-order valence-corrected chi connectivity index (χ2v) is 8.35. The number of esters is 2. The van der Waals surface area contributed by atoms with Crippen LogP contribution in [0.4, 0.5) is 0 Å². The molecule has 6 atom stereocenters. The van der Waals surface area contributed by atoms with Gasteiger partial charge in [0.1, 0.15) is 12.2 Å². The van der Waals surface area contributed by atoms with Crippen LogP contribution < -0.4 is 0 Å². The molecule has 4 aliphatic rings. The maximum Gasteiger partial charge on any atom is 0.317 e. The van der Waals surface area contributed by atoms with Crippen LogP contribution in [0, 0.1) is 11.8 Å². The van der Waals surface area contributed by atoms with Crippen LogP contribution in [0.25, 0.3) is 0 Å². The van der Waals surface area contributed by atoms with Gasteiger partial charge in [0.25, 0.3) is 0 Å². The van der Waals surface area contributed by atoms with Crippen molar-refractivity contribution in [2.24, 2.45) is 11.8 Å². The monoisotopic (exact) mass is 466 g/mol. The Labute approximate surface area is 197 Å². The van der Waals surface area contributed by atoms with Gasteiger partial charge in [-0.15, -0.1) is 0 Å². The summed E-state index contributed by atoms with van der Waals surface area (Å²) >= 11 is 0. The Morgan fingerprint density at radius 3 is 2.00 bits per heavy atom. The first-order valence-corrected chi connectivity index (χ1v) is 11.3. The van der Waals surface area contributed by atoms with E-state index in [2.05, 4.69) is 0 Å². The first-order valence-electron chi connectivity index (χ1n) is 11.3.